The molecular weight excluding hydrogens is 570 g/mol. The number of rotatable bonds is 9. The van der Waals surface area contributed by atoms with Crippen LogP contribution in [0.4, 0.5) is 4.79 Å². The molecule has 34 heavy (non-hydrogen) atoms. The molecule has 0 aliphatic rings. The molecule has 3 aromatic rings. The average molecular weight is 595 g/mol. The Hall–Kier alpha value is -2.65. The fourth-order valence-corrected chi connectivity index (χ4v) is 4.03. The van der Waals surface area contributed by atoms with E-state index in [4.69, 9.17) is 13.9 Å². The van der Waals surface area contributed by atoms with Gasteiger partial charge in [-0.2, -0.15) is 0 Å². The van der Waals surface area contributed by atoms with E-state index in [-0.39, 0.29) is 24.4 Å². The molecule has 3 rings (SSSR count). The highest BCUT2D eigenvalue weighted by atomic mass is 79.9. The second kappa shape index (κ2) is 12.2. The minimum atomic E-state index is -0.615. The monoisotopic (exact) mass is 593 g/mol. The molecule has 7 nitrogen and oxygen atoms in total. The van der Waals surface area contributed by atoms with Crippen molar-refractivity contribution < 1.29 is 23.5 Å². The largest absolute Gasteiger partial charge is 0.445 e. The minimum absolute atomic E-state index is 0.0503. The molecule has 0 unspecified atom stereocenters. The van der Waals surface area contributed by atoms with Gasteiger partial charge in [0.1, 0.15) is 17.9 Å². The molecule has 0 saturated carbocycles. The number of hydrogen-bond acceptors (Lipinski definition) is 6. The van der Waals surface area contributed by atoms with Gasteiger partial charge in [-0.25, -0.2) is 9.59 Å². The van der Waals surface area contributed by atoms with Gasteiger partial charge in [0.2, 0.25) is 0 Å². The fraction of sp³-hybridized carbons (Fsp3) is 0.320. The van der Waals surface area contributed by atoms with Crippen LogP contribution < -0.4 is 15.7 Å². The number of aryl methyl sites for hydroxylation is 2. The molecule has 1 heterocycles. The molecule has 0 fully saturated rings. The highest BCUT2D eigenvalue weighted by Crippen LogP contribution is 2.34. The maximum Gasteiger partial charge on any atom is 0.407 e. The summed E-state index contributed by atoms with van der Waals surface area (Å²) in [6, 6.07) is 12.6. The van der Waals surface area contributed by atoms with Crippen molar-refractivity contribution in [2.75, 3.05) is 11.9 Å². The Morgan fingerprint density at radius 3 is 2.59 bits per heavy atom. The van der Waals surface area contributed by atoms with Crippen molar-refractivity contribution in [3.63, 3.8) is 0 Å². The van der Waals surface area contributed by atoms with Gasteiger partial charge in [-0.15, -0.1) is 0 Å². The summed E-state index contributed by atoms with van der Waals surface area (Å²) < 4.78 is 16.2. The zero-order valence-corrected chi connectivity index (χ0v) is 22.0. The molecule has 9 heteroatoms. The van der Waals surface area contributed by atoms with E-state index in [1.165, 1.54) is 6.07 Å². The molecule has 0 aliphatic heterocycles. The summed E-state index contributed by atoms with van der Waals surface area (Å²) in [5.41, 5.74) is 2.97. The van der Waals surface area contributed by atoms with E-state index in [2.05, 4.69) is 37.2 Å². The highest BCUT2D eigenvalue weighted by molar-refractivity contribution is 9.12. The molecule has 0 aliphatic carbocycles. The molecule has 0 saturated heterocycles. The number of amides is 1. The first-order valence-electron chi connectivity index (χ1n) is 10.7. The Labute approximate surface area is 214 Å². The number of ether oxygens (including phenoxy) is 2. The Kier molecular flexibility index (Phi) is 9.29. The third kappa shape index (κ3) is 6.93. The third-order valence-corrected chi connectivity index (χ3v) is 7.43. The summed E-state index contributed by atoms with van der Waals surface area (Å²) in [4.78, 5) is 36.5. The number of carbonyl (C=O) groups is 2. The van der Waals surface area contributed by atoms with Gasteiger partial charge in [0.15, 0.2) is 0 Å². The SMILES string of the molecule is Cc1cc(=O)oc2c(C)c(OC(=O)CCNC(=O)OCc3ccccc3)c(C[C@H](Br)CBr)cc12. The zero-order valence-electron chi connectivity index (χ0n) is 18.9. The lowest BCUT2D eigenvalue weighted by molar-refractivity contribution is -0.134. The van der Waals surface area contributed by atoms with E-state index in [9.17, 15) is 14.4 Å². The topological polar surface area (TPSA) is 94.8 Å². The van der Waals surface area contributed by atoms with E-state index < -0.39 is 17.7 Å². The highest BCUT2D eigenvalue weighted by Gasteiger charge is 2.20. The summed E-state index contributed by atoms with van der Waals surface area (Å²) in [6.45, 7) is 3.80. The van der Waals surface area contributed by atoms with Gasteiger partial charge in [0.25, 0.3) is 0 Å². The van der Waals surface area contributed by atoms with Gasteiger partial charge >= 0.3 is 17.7 Å². The number of fused-ring (bicyclic) bond motifs is 1. The molecule has 1 aromatic heterocycles. The molecule has 1 amide bonds. The zero-order chi connectivity index (χ0) is 24.7. The van der Waals surface area contributed by atoms with E-state index in [1.807, 2.05) is 43.3 Å². The normalized spacial score (nSPS) is 11.8. The van der Waals surface area contributed by atoms with Crippen LogP contribution in [0.3, 0.4) is 0 Å². The molecular formula is C25H25Br2NO6. The number of alkyl carbamates (subject to hydrolysis) is 1. The summed E-state index contributed by atoms with van der Waals surface area (Å²) in [5.74, 6) is -0.157. The van der Waals surface area contributed by atoms with Crippen molar-refractivity contribution in [2.24, 2.45) is 0 Å². The number of nitrogens with one attached hydrogen (secondary N) is 1. The Balaban J connectivity index is 1.68. The fourth-order valence-electron chi connectivity index (χ4n) is 3.45. The molecule has 2 aromatic carbocycles. The maximum absolute atomic E-state index is 12.6. The number of benzene rings is 2. The maximum atomic E-state index is 12.6. The van der Waals surface area contributed by atoms with Crippen molar-refractivity contribution in [2.45, 2.75) is 38.1 Å². The van der Waals surface area contributed by atoms with Crippen LogP contribution in [0.1, 0.15) is 28.7 Å². The van der Waals surface area contributed by atoms with Gasteiger partial charge in [-0.3, -0.25) is 4.79 Å². The predicted molar refractivity (Wildman–Crippen MR) is 137 cm³/mol. The Morgan fingerprint density at radius 2 is 1.88 bits per heavy atom. The van der Waals surface area contributed by atoms with Crippen molar-refractivity contribution in [3.8, 4) is 5.75 Å². The van der Waals surface area contributed by atoms with Crippen LogP contribution in [0.15, 0.2) is 51.7 Å². The van der Waals surface area contributed by atoms with Gasteiger partial charge in [-0.05, 0) is 43.0 Å². The number of halogens is 2. The van der Waals surface area contributed by atoms with E-state index in [1.54, 1.807) is 6.92 Å². The van der Waals surface area contributed by atoms with Gasteiger partial charge in [0, 0.05) is 33.7 Å². The van der Waals surface area contributed by atoms with Crippen molar-refractivity contribution >= 4 is 54.9 Å². The lowest BCUT2D eigenvalue weighted by Crippen LogP contribution is -2.28. The van der Waals surface area contributed by atoms with Crippen LogP contribution in [0.2, 0.25) is 0 Å². The second-order valence-electron chi connectivity index (χ2n) is 7.78. The predicted octanol–water partition coefficient (Wildman–Crippen LogP) is 5.33. The van der Waals surface area contributed by atoms with E-state index >= 15 is 0 Å². The summed E-state index contributed by atoms with van der Waals surface area (Å²) in [6.07, 6.45) is -0.0746. The summed E-state index contributed by atoms with van der Waals surface area (Å²) >= 11 is 7.05. The lowest BCUT2D eigenvalue weighted by atomic mass is 9.99. The van der Waals surface area contributed by atoms with Gasteiger partial charge in [-0.1, -0.05) is 62.2 Å². The first kappa shape index (κ1) is 26.0. The van der Waals surface area contributed by atoms with Crippen LogP contribution in [-0.2, 0) is 22.6 Å². The van der Waals surface area contributed by atoms with E-state index in [0.717, 1.165) is 22.1 Å². The smallest absolute Gasteiger partial charge is 0.407 e. The van der Waals surface area contributed by atoms with Crippen LogP contribution in [0.5, 0.6) is 5.75 Å². The Morgan fingerprint density at radius 1 is 1.15 bits per heavy atom. The first-order valence-corrected chi connectivity index (χ1v) is 12.7. The molecule has 1 N–H and O–H groups in total. The number of hydrogen-bond donors (Lipinski definition) is 1. The average Bonchev–Trinajstić information content (AvgIpc) is 2.81. The van der Waals surface area contributed by atoms with Crippen molar-refractivity contribution in [1.29, 1.82) is 0 Å². The van der Waals surface area contributed by atoms with Crippen LogP contribution in [0.25, 0.3) is 11.0 Å². The van der Waals surface area contributed by atoms with E-state index in [0.29, 0.717) is 28.6 Å². The van der Waals surface area contributed by atoms with Crippen LogP contribution in [-0.4, -0.2) is 28.8 Å². The number of carbonyl (C=O) groups excluding carboxylic acids is 2. The van der Waals surface area contributed by atoms with Crippen LogP contribution >= 0.6 is 31.9 Å². The molecule has 0 radical (unpaired) electrons. The number of alkyl halides is 2. The molecule has 1 atom stereocenters. The third-order valence-electron chi connectivity index (χ3n) is 5.13. The quantitative estimate of drug-likeness (QED) is 0.156. The Bertz CT molecular complexity index is 1230. The lowest BCUT2D eigenvalue weighted by Gasteiger charge is -2.17. The molecule has 0 bridgehead atoms. The summed E-state index contributed by atoms with van der Waals surface area (Å²) in [5, 5.41) is 4.05. The van der Waals surface area contributed by atoms with Crippen LogP contribution in [0, 0.1) is 13.8 Å². The summed E-state index contributed by atoms with van der Waals surface area (Å²) in [7, 11) is 0. The van der Waals surface area contributed by atoms with Crippen molar-refractivity contribution in [1.82, 2.24) is 5.32 Å². The number of esters is 1. The minimum Gasteiger partial charge on any atom is -0.445 e. The second-order valence-corrected chi connectivity index (χ2v) is 9.73. The molecule has 180 valence electrons. The standard InChI is InChI=1S/C25H25Br2NO6/c1-15-10-22(30)34-24-16(2)23(18(12-20(15)24)11-19(27)13-26)33-21(29)8-9-28-25(31)32-14-17-6-4-3-5-7-17/h3-7,10,12,19H,8-9,11,13-14H2,1-2H3,(H,28,31)/t19-/m0/s1. The van der Waals surface area contributed by atoms with Gasteiger partial charge in [0.05, 0.1) is 6.42 Å². The van der Waals surface area contributed by atoms with Gasteiger partial charge < -0.3 is 19.2 Å². The van der Waals surface area contributed by atoms with Crippen molar-refractivity contribution in [3.05, 3.63) is 75.1 Å². The molecule has 0 spiro atoms. The first-order chi connectivity index (χ1) is 16.3.